The molecule has 0 amide bonds. The fraction of sp³-hybridized carbons (Fsp3) is 0.217. The fourth-order valence-corrected chi connectivity index (χ4v) is 11.3. The van der Waals surface area contributed by atoms with E-state index in [2.05, 4.69) is 144 Å². The van der Waals surface area contributed by atoms with Crippen molar-refractivity contribution in [2.45, 2.75) is 37.5 Å². The first-order chi connectivity index (χ1) is 23.3. The standard InChI is InChI=1S/C46H37N/c1-3-11-38-32(9-1)16-17-33-27-36(18-20-39(33)38)47(45-15-7-10-31-8-2-4-12-40(31)45)37-19-21-44-42(28-37)41-13-5-6-14-43(41)46(44)34-23-29-22-30(25-34)26-35(46)24-29/h1-21,27-30,34-35H,22-26H2. The van der Waals surface area contributed by atoms with Crippen LogP contribution in [0, 0.1) is 23.7 Å². The number of nitrogens with zero attached hydrogens (tertiary/aromatic N) is 1. The van der Waals surface area contributed by atoms with Crippen LogP contribution in [0.3, 0.4) is 0 Å². The molecule has 0 unspecified atom stereocenters. The molecule has 0 aliphatic heterocycles. The third-order valence-electron chi connectivity index (χ3n) is 12.8. The molecular weight excluding hydrogens is 567 g/mol. The fourth-order valence-electron chi connectivity index (χ4n) is 11.3. The molecule has 5 aliphatic rings. The maximum absolute atomic E-state index is 2.56. The largest absolute Gasteiger partial charge is 0.310 e. The summed E-state index contributed by atoms with van der Waals surface area (Å²) in [6, 6.07) is 53.0. The second-order valence-corrected chi connectivity index (χ2v) is 15.0. The molecule has 0 saturated heterocycles. The molecule has 1 heteroatoms. The average Bonchev–Trinajstić information content (AvgIpc) is 3.40. The predicted molar refractivity (Wildman–Crippen MR) is 197 cm³/mol. The molecule has 226 valence electrons. The lowest BCUT2D eigenvalue weighted by molar-refractivity contribution is -0.0399. The molecule has 4 saturated carbocycles. The molecule has 0 atom stereocenters. The van der Waals surface area contributed by atoms with Gasteiger partial charge in [-0.3, -0.25) is 0 Å². The molecule has 7 aromatic rings. The van der Waals surface area contributed by atoms with E-state index in [1.54, 1.807) is 11.1 Å². The third kappa shape index (κ3) is 3.55. The molecule has 4 bridgehead atoms. The first kappa shape index (κ1) is 26.2. The summed E-state index contributed by atoms with van der Waals surface area (Å²) in [6.07, 6.45) is 7.14. The van der Waals surface area contributed by atoms with Crippen LogP contribution in [0.1, 0.15) is 43.2 Å². The van der Waals surface area contributed by atoms with E-state index in [0.29, 0.717) is 0 Å². The van der Waals surface area contributed by atoms with Gasteiger partial charge in [-0.2, -0.15) is 0 Å². The Hall–Kier alpha value is -4.88. The topological polar surface area (TPSA) is 3.24 Å². The van der Waals surface area contributed by atoms with Crippen LogP contribution in [0.25, 0.3) is 43.4 Å². The van der Waals surface area contributed by atoms with Crippen LogP contribution < -0.4 is 4.90 Å². The maximum atomic E-state index is 2.56. The molecule has 0 radical (unpaired) electrons. The molecule has 12 rings (SSSR count). The third-order valence-corrected chi connectivity index (χ3v) is 12.8. The Morgan fingerprint density at radius 3 is 1.85 bits per heavy atom. The van der Waals surface area contributed by atoms with E-state index >= 15 is 0 Å². The van der Waals surface area contributed by atoms with Crippen LogP contribution in [0.5, 0.6) is 0 Å². The summed E-state index contributed by atoms with van der Waals surface area (Å²) in [6.45, 7) is 0. The molecule has 1 spiro atoms. The van der Waals surface area contributed by atoms with Crippen molar-refractivity contribution >= 4 is 49.4 Å². The SMILES string of the molecule is c1ccc2c(c1)-c1cc(N(c3ccc4c(ccc5ccccc54)c3)c3cccc4ccccc34)ccc1C21C2CC3CC(C2)CC1C3. The highest BCUT2D eigenvalue weighted by molar-refractivity contribution is 6.09. The normalized spacial score (nSPS) is 25.1. The zero-order chi connectivity index (χ0) is 30.7. The smallest absolute Gasteiger partial charge is 0.0540 e. The maximum Gasteiger partial charge on any atom is 0.0540 e. The zero-order valence-electron chi connectivity index (χ0n) is 26.6. The molecule has 47 heavy (non-hydrogen) atoms. The number of benzene rings is 7. The van der Waals surface area contributed by atoms with Crippen molar-refractivity contribution in [2.75, 3.05) is 4.90 Å². The van der Waals surface area contributed by atoms with E-state index in [1.165, 1.54) is 92.6 Å². The number of rotatable bonds is 3. The molecular formula is C46H37N. The van der Waals surface area contributed by atoms with Crippen LogP contribution >= 0.6 is 0 Å². The minimum atomic E-state index is 0.187. The van der Waals surface area contributed by atoms with Gasteiger partial charge < -0.3 is 4.90 Å². The number of fused-ring (bicyclic) bond motifs is 7. The molecule has 7 aromatic carbocycles. The summed E-state index contributed by atoms with van der Waals surface area (Å²) < 4.78 is 0. The second kappa shape index (κ2) is 9.58. The Morgan fingerprint density at radius 2 is 1.02 bits per heavy atom. The van der Waals surface area contributed by atoms with Crippen molar-refractivity contribution in [2.24, 2.45) is 23.7 Å². The van der Waals surface area contributed by atoms with Crippen LogP contribution in [0.4, 0.5) is 17.1 Å². The van der Waals surface area contributed by atoms with Crippen molar-refractivity contribution in [1.29, 1.82) is 0 Å². The van der Waals surface area contributed by atoms with Crippen LogP contribution in [0.2, 0.25) is 0 Å². The Balaban J connectivity index is 1.14. The van der Waals surface area contributed by atoms with E-state index in [4.69, 9.17) is 0 Å². The van der Waals surface area contributed by atoms with Crippen LogP contribution in [0.15, 0.2) is 140 Å². The molecule has 0 heterocycles. The highest BCUT2D eigenvalue weighted by Crippen LogP contribution is 2.69. The minimum Gasteiger partial charge on any atom is -0.310 e. The van der Waals surface area contributed by atoms with Gasteiger partial charge in [-0.15, -0.1) is 0 Å². The molecule has 1 nitrogen and oxygen atoms in total. The van der Waals surface area contributed by atoms with Gasteiger partial charge in [0.05, 0.1) is 5.69 Å². The van der Waals surface area contributed by atoms with Crippen LogP contribution in [-0.2, 0) is 5.41 Å². The summed E-state index contributed by atoms with van der Waals surface area (Å²) in [4.78, 5) is 2.52. The van der Waals surface area contributed by atoms with E-state index < -0.39 is 0 Å². The van der Waals surface area contributed by atoms with Gasteiger partial charge in [0.15, 0.2) is 0 Å². The Labute approximate surface area is 276 Å². The van der Waals surface area contributed by atoms with E-state index in [9.17, 15) is 0 Å². The van der Waals surface area contributed by atoms with Gasteiger partial charge in [0.2, 0.25) is 0 Å². The van der Waals surface area contributed by atoms with E-state index in [-0.39, 0.29) is 5.41 Å². The number of hydrogen-bond acceptors (Lipinski definition) is 1. The Morgan fingerprint density at radius 1 is 0.426 bits per heavy atom. The van der Waals surface area contributed by atoms with Crippen molar-refractivity contribution in [3.63, 3.8) is 0 Å². The highest BCUT2D eigenvalue weighted by Gasteiger charge is 2.61. The van der Waals surface area contributed by atoms with Gasteiger partial charge in [-0.05, 0) is 135 Å². The van der Waals surface area contributed by atoms with E-state index in [0.717, 1.165) is 23.7 Å². The van der Waals surface area contributed by atoms with Crippen molar-refractivity contribution in [3.05, 3.63) is 151 Å². The zero-order valence-corrected chi connectivity index (χ0v) is 26.6. The van der Waals surface area contributed by atoms with Gasteiger partial charge >= 0.3 is 0 Å². The molecule has 4 fully saturated rings. The van der Waals surface area contributed by atoms with Gasteiger partial charge in [0.25, 0.3) is 0 Å². The lowest BCUT2D eigenvalue weighted by Crippen LogP contribution is -2.55. The number of anilines is 3. The molecule has 0 N–H and O–H groups in total. The van der Waals surface area contributed by atoms with Crippen molar-refractivity contribution < 1.29 is 0 Å². The quantitative estimate of drug-likeness (QED) is 0.182. The molecule has 5 aliphatic carbocycles. The molecule has 0 aromatic heterocycles. The van der Waals surface area contributed by atoms with Gasteiger partial charge in [-0.1, -0.05) is 109 Å². The summed E-state index contributed by atoms with van der Waals surface area (Å²) >= 11 is 0. The summed E-state index contributed by atoms with van der Waals surface area (Å²) in [5, 5.41) is 7.70. The second-order valence-electron chi connectivity index (χ2n) is 15.0. The highest BCUT2D eigenvalue weighted by atomic mass is 15.1. The lowest BCUT2D eigenvalue weighted by atomic mass is 9.43. The predicted octanol–water partition coefficient (Wildman–Crippen LogP) is 12.3. The summed E-state index contributed by atoms with van der Waals surface area (Å²) in [7, 11) is 0. The van der Waals surface area contributed by atoms with Crippen LogP contribution in [-0.4, -0.2) is 0 Å². The van der Waals surface area contributed by atoms with Crippen molar-refractivity contribution in [1.82, 2.24) is 0 Å². The van der Waals surface area contributed by atoms with Crippen molar-refractivity contribution in [3.8, 4) is 11.1 Å². The first-order valence-corrected chi connectivity index (χ1v) is 17.7. The number of hydrogen-bond donors (Lipinski definition) is 0. The summed E-state index contributed by atoms with van der Waals surface area (Å²) in [5.41, 5.74) is 10.00. The van der Waals surface area contributed by atoms with Gasteiger partial charge in [-0.25, -0.2) is 0 Å². The minimum absolute atomic E-state index is 0.187. The van der Waals surface area contributed by atoms with Gasteiger partial charge in [0, 0.05) is 22.2 Å². The average molecular weight is 604 g/mol. The lowest BCUT2D eigenvalue weighted by Gasteiger charge is -2.61. The monoisotopic (exact) mass is 603 g/mol. The first-order valence-electron chi connectivity index (χ1n) is 17.7. The van der Waals surface area contributed by atoms with E-state index in [1.807, 2.05) is 0 Å². The van der Waals surface area contributed by atoms with Gasteiger partial charge in [0.1, 0.15) is 0 Å². The summed E-state index contributed by atoms with van der Waals surface area (Å²) in [5.74, 6) is 3.45. The Kier molecular flexibility index (Phi) is 5.34. The Bertz CT molecular complexity index is 2360.